The molecule has 1 aliphatic carbocycles. The molecule has 86 valence electrons. The minimum Gasteiger partial charge on any atom is -0.469 e. The highest BCUT2D eigenvalue weighted by Gasteiger charge is 2.37. The van der Waals surface area contributed by atoms with Gasteiger partial charge in [-0.25, -0.2) is 0 Å². The third-order valence-corrected chi connectivity index (χ3v) is 4.34. The first kappa shape index (κ1) is 12.4. The Balaban J connectivity index is 1.77. The molecule has 2 radical (unpaired) electrons. The minimum atomic E-state index is 0.0381. The predicted octanol–water partition coefficient (Wildman–Crippen LogP) is 3.79. The lowest BCUT2D eigenvalue weighted by Gasteiger charge is -2.19. The largest absolute Gasteiger partial charge is 0.469 e. The number of rotatable bonds is 4. The van der Waals surface area contributed by atoms with Crippen LogP contribution in [0.25, 0.3) is 0 Å². The van der Waals surface area contributed by atoms with Crippen molar-refractivity contribution in [3.8, 4) is 0 Å². The number of alkyl halides is 2. The Labute approximate surface area is 108 Å². The average Bonchev–Trinajstić information content (AvgIpc) is 2.82. The van der Waals surface area contributed by atoms with Crippen LogP contribution in [-0.2, 0) is 6.42 Å². The fourth-order valence-electron chi connectivity index (χ4n) is 2.40. The fraction of sp³-hybridized carbons (Fsp3) is 0.667. The van der Waals surface area contributed by atoms with Gasteiger partial charge >= 0.3 is 0 Å². The maximum absolute atomic E-state index is 6.24. The van der Waals surface area contributed by atoms with E-state index in [1.165, 1.54) is 0 Å². The minimum absolute atomic E-state index is 0.0381. The molecule has 1 aromatic rings. The Morgan fingerprint density at radius 3 is 2.75 bits per heavy atom. The van der Waals surface area contributed by atoms with Gasteiger partial charge in [0.05, 0.1) is 14.1 Å². The van der Waals surface area contributed by atoms with Gasteiger partial charge in [0, 0.05) is 17.2 Å². The summed E-state index contributed by atoms with van der Waals surface area (Å²) in [6.45, 7) is 0. The van der Waals surface area contributed by atoms with Crippen molar-refractivity contribution in [2.45, 2.75) is 42.3 Å². The molecule has 1 saturated carbocycles. The highest BCUT2D eigenvalue weighted by molar-refractivity contribution is 6.29. The Morgan fingerprint density at radius 2 is 2.19 bits per heavy atom. The topological polar surface area (TPSA) is 13.1 Å². The SMILES string of the molecule is [B]C1C(Cl)CC(Cl)C1CCCc1ccco1. The predicted molar refractivity (Wildman–Crippen MR) is 68.5 cm³/mol. The van der Waals surface area contributed by atoms with Gasteiger partial charge in [-0.2, -0.15) is 0 Å². The number of hydrogen-bond acceptors (Lipinski definition) is 1. The Kier molecular flexibility index (Phi) is 4.26. The molecule has 4 unspecified atom stereocenters. The average molecular weight is 257 g/mol. The first-order valence-electron chi connectivity index (χ1n) is 5.74. The van der Waals surface area contributed by atoms with Crippen molar-refractivity contribution in [3.63, 3.8) is 0 Å². The van der Waals surface area contributed by atoms with Crippen LogP contribution in [0.3, 0.4) is 0 Å². The van der Waals surface area contributed by atoms with Gasteiger partial charge in [-0.1, -0.05) is 5.82 Å². The summed E-state index contributed by atoms with van der Waals surface area (Å²) >= 11 is 12.3. The lowest BCUT2D eigenvalue weighted by atomic mass is 9.76. The Bertz CT molecular complexity index is 315. The third kappa shape index (κ3) is 2.78. The summed E-state index contributed by atoms with van der Waals surface area (Å²) in [6.07, 6.45) is 5.57. The molecule has 2 rings (SSSR count). The monoisotopic (exact) mass is 256 g/mol. The normalized spacial score (nSPS) is 34.4. The maximum Gasteiger partial charge on any atom is 0.103 e. The van der Waals surface area contributed by atoms with Gasteiger partial charge in [-0.3, -0.25) is 0 Å². The van der Waals surface area contributed by atoms with Crippen molar-refractivity contribution in [3.05, 3.63) is 24.2 Å². The van der Waals surface area contributed by atoms with Crippen LogP contribution in [0.4, 0.5) is 0 Å². The van der Waals surface area contributed by atoms with Gasteiger partial charge in [-0.05, 0) is 37.3 Å². The molecule has 16 heavy (non-hydrogen) atoms. The molecular weight excluding hydrogens is 242 g/mol. The maximum atomic E-state index is 6.24. The number of aryl methyl sites for hydroxylation is 1. The van der Waals surface area contributed by atoms with Crippen LogP contribution in [0.2, 0.25) is 5.82 Å². The van der Waals surface area contributed by atoms with Crippen molar-refractivity contribution < 1.29 is 4.42 Å². The van der Waals surface area contributed by atoms with E-state index in [2.05, 4.69) is 0 Å². The molecule has 1 fully saturated rings. The summed E-state index contributed by atoms with van der Waals surface area (Å²) in [5.74, 6) is 1.42. The molecule has 0 spiro atoms. The van der Waals surface area contributed by atoms with Gasteiger partial charge in [0.25, 0.3) is 0 Å². The lowest BCUT2D eigenvalue weighted by Crippen LogP contribution is -2.13. The molecule has 4 heteroatoms. The van der Waals surface area contributed by atoms with Crippen LogP contribution in [-0.4, -0.2) is 18.6 Å². The van der Waals surface area contributed by atoms with Crippen molar-refractivity contribution >= 4 is 31.0 Å². The van der Waals surface area contributed by atoms with Crippen molar-refractivity contribution in [2.24, 2.45) is 5.92 Å². The summed E-state index contributed by atoms with van der Waals surface area (Å²) in [7, 11) is 6.03. The highest BCUT2D eigenvalue weighted by Crippen LogP contribution is 2.43. The fourth-order valence-corrected chi connectivity index (χ4v) is 3.35. The molecule has 4 atom stereocenters. The van der Waals surface area contributed by atoms with Crippen LogP contribution in [0, 0.1) is 5.92 Å². The first-order valence-corrected chi connectivity index (χ1v) is 6.62. The van der Waals surface area contributed by atoms with Crippen LogP contribution >= 0.6 is 23.2 Å². The standard InChI is InChI=1S/C12H15BCl2O/c13-12-9(10(14)7-11(12)15)5-1-3-8-4-2-6-16-8/h2,4,6,9-12H,1,3,5,7H2. The van der Waals surface area contributed by atoms with Gasteiger partial charge in [0.2, 0.25) is 0 Å². The molecule has 1 aromatic heterocycles. The molecule has 0 aromatic carbocycles. The van der Waals surface area contributed by atoms with Crippen LogP contribution in [0.5, 0.6) is 0 Å². The van der Waals surface area contributed by atoms with Gasteiger partial charge in [-0.15, -0.1) is 23.2 Å². The smallest absolute Gasteiger partial charge is 0.103 e. The molecule has 0 aliphatic heterocycles. The summed E-state index contributed by atoms with van der Waals surface area (Å²) in [5.41, 5.74) is 0. The molecule has 0 N–H and O–H groups in total. The molecule has 0 amide bonds. The Hall–Kier alpha value is -0.0751. The number of halogens is 2. The number of hydrogen-bond donors (Lipinski definition) is 0. The van der Waals surface area contributed by atoms with E-state index in [0.29, 0.717) is 5.92 Å². The molecule has 0 bridgehead atoms. The van der Waals surface area contributed by atoms with Crippen LogP contribution < -0.4 is 0 Å². The second-order valence-corrected chi connectivity index (χ2v) is 5.60. The molecular formula is C12H15BCl2O. The van der Waals surface area contributed by atoms with Crippen LogP contribution in [0.15, 0.2) is 22.8 Å². The zero-order chi connectivity index (χ0) is 11.5. The second-order valence-electron chi connectivity index (χ2n) is 4.48. The number of furan rings is 1. The Morgan fingerprint density at radius 1 is 1.38 bits per heavy atom. The molecule has 1 nitrogen and oxygen atoms in total. The third-order valence-electron chi connectivity index (χ3n) is 3.37. The van der Waals surface area contributed by atoms with E-state index in [-0.39, 0.29) is 16.6 Å². The van der Waals surface area contributed by atoms with E-state index in [9.17, 15) is 0 Å². The summed E-state index contributed by atoms with van der Waals surface area (Å²) in [4.78, 5) is 0. The van der Waals surface area contributed by atoms with Crippen molar-refractivity contribution in [1.82, 2.24) is 0 Å². The molecule has 1 heterocycles. The zero-order valence-corrected chi connectivity index (χ0v) is 10.6. The van der Waals surface area contributed by atoms with Crippen LogP contribution in [0.1, 0.15) is 25.0 Å². The van der Waals surface area contributed by atoms with Gasteiger partial charge in [0.15, 0.2) is 0 Å². The van der Waals surface area contributed by atoms with Gasteiger partial charge in [0.1, 0.15) is 5.76 Å². The van der Waals surface area contributed by atoms with E-state index in [4.69, 9.17) is 35.5 Å². The summed E-state index contributed by atoms with van der Waals surface area (Å²) < 4.78 is 5.28. The first-order chi connectivity index (χ1) is 7.68. The summed E-state index contributed by atoms with van der Waals surface area (Å²) in [6, 6.07) is 3.91. The molecule has 1 aliphatic rings. The van der Waals surface area contributed by atoms with E-state index >= 15 is 0 Å². The van der Waals surface area contributed by atoms with Crippen molar-refractivity contribution in [1.29, 1.82) is 0 Å². The zero-order valence-electron chi connectivity index (χ0n) is 9.11. The summed E-state index contributed by atoms with van der Waals surface area (Å²) in [5, 5.41) is 0.171. The lowest BCUT2D eigenvalue weighted by molar-refractivity contribution is 0.454. The van der Waals surface area contributed by atoms with E-state index in [0.717, 1.165) is 31.4 Å². The van der Waals surface area contributed by atoms with Gasteiger partial charge < -0.3 is 4.42 Å². The molecule has 0 saturated heterocycles. The quantitative estimate of drug-likeness (QED) is 0.590. The van der Waals surface area contributed by atoms with E-state index < -0.39 is 0 Å². The highest BCUT2D eigenvalue weighted by atomic mass is 35.5. The van der Waals surface area contributed by atoms with Crippen molar-refractivity contribution in [2.75, 3.05) is 0 Å². The second kappa shape index (κ2) is 5.51. The van der Waals surface area contributed by atoms with E-state index in [1.807, 2.05) is 12.1 Å². The van der Waals surface area contributed by atoms with E-state index in [1.54, 1.807) is 6.26 Å².